The fourth-order valence-electron chi connectivity index (χ4n) is 5.26. The van der Waals surface area contributed by atoms with Crippen molar-refractivity contribution in [1.29, 1.82) is 0 Å². The molecule has 40 heavy (non-hydrogen) atoms. The van der Waals surface area contributed by atoms with Gasteiger partial charge < -0.3 is 9.80 Å². The minimum Gasteiger partial charge on any atom is -0.344 e. The zero-order valence-electron chi connectivity index (χ0n) is 22.9. The molecule has 0 amide bonds. The number of hydrogen-bond donors (Lipinski definition) is 0. The summed E-state index contributed by atoms with van der Waals surface area (Å²) in [6.07, 6.45) is 0. The summed E-state index contributed by atoms with van der Waals surface area (Å²) in [4.78, 5) is 4.58. The molecule has 0 aliphatic rings. The van der Waals surface area contributed by atoms with Gasteiger partial charge in [0.25, 0.3) is 0 Å². The molecule has 0 saturated carbocycles. The summed E-state index contributed by atoms with van der Waals surface area (Å²) >= 11 is 0. The fraction of sp³-hybridized carbons (Fsp3) is 0.0526. The Morgan fingerprint density at radius 1 is 0.375 bits per heavy atom. The van der Waals surface area contributed by atoms with Crippen LogP contribution in [0.2, 0.25) is 0 Å². The standard InChI is InChI=1S/C38H32N2/c1-29-28-37(26-27-38(29)39(2)34-16-10-5-11-17-34)40(35-22-18-32(19-23-35)30-12-6-3-7-13-30)36-24-20-33(21-25-36)31-14-8-4-9-15-31/h3-28H,1-2H3. The van der Waals surface area contributed by atoms with Crippen molar-refractivity contribution in [3.63, 3.8) is 0 Å². The summed E-state index contributed by atoms with van der Waals surface area (Å²) in [6, 6.07) is 56.0. The third-order valence-corrected chi connectivity index (χ3v) is 7.41. The lowest BCUT2D eigenvalue weighted by molar-refractivity contribution is 1.18. The average Bonchev–Trinajstić information content (AvgIpc) is 3.03. The van der Waals surface area contributed by atoms with Gasteiger partial charge in [0.2, 0.25) is 0 Å². The largest absolute Gasteiger partial charge is 0.344 e. The van der Waals surface area contributed by atoms with E-state index < -0.39 is 0 Å². The van der Waals surface area contributed by atoms with Gasteiger partial charge in [0.05, 0.1) is 0 Å². The maximum atomic E-state index is 2.34. The molecule has 6 aromatic rings. The molecule has 6 rings (SSSR count). The molecule has 0 heterocycles. The average molecular weight is 517 g/mol. The van der Waals surface area contributed by atoms with Crippen molar-refractivity contribution in [3.05, 3.63) is 163 Å². The summed E-state index contributed by atoms with van der Waals surface area (Å²) in [5.41, 5.74) is 11.8. The van der Waals surface area contributed by atoms with E-state index in [1.165, 1.54) is 39.2 Å². The van der Waals surface area contributed by atoms with Crippen molar-refractivity contribution in [1.82, 2.24) is 0 Å². The summed E-state index contributed by atoms with van der Waals surface area (Å²) < 4.78 is 0. The molecule has 2 heteroatoms. The van der Waals surface area contributed by atoms with Crippen molar-refractivity contribution < 1.29 is 0 Å². The highest BCUT2D eigenvalue weighted by Gasteiger charge is 2.16. The summed E-state index contributed by atoms with van der Waals surface area (Å²) in [5, 5.41) is 0. The molecule has 2 nitrogen and oxygen atoms in total. The maximum absolute atomic E-state index is 2.34. The van der Waals surface area contributed by atoms with Gasteiger partial charge in [-0.25, -0.2) is 0 Å². The first-order chi connectivity index (χ1) is 19.7. The van der Waals surface area contributed by atoms with Gasteiger partial charge in [-0.05, 0) is 89.3 Å². The number of hydrogen-bond acceptors (Lipinski definition) is 2. The Kier molecular flexibility index (Phi) is 7.15. The highest BCUT2D eigenvalue weighted by atomic mass is 15.1. The number of rotatable bonds is 7. The van der Waals surface area contributed by atoms with Crippen LogP contribution in [0.1, 0.15) is 5.56 Å². The molecule has 0 spiro atoms. The van der Waals surface area contributed by atoms with Crippen molar-refractivity contribution >= 4 is 28.4 Å². The van der Waals surface area contributed by atoms with Gasteiger partial charge in [-0.15, -0.1) is 0 Å². The van der Waals surface area contributed by atoms with E-state index in [9.17, 15) is 0 Å². The molecule has 0 fully saturated rings. The number of nitrogens with zero attached hydrogens (tertiary/aromatic N) is 2. The van der Waals surface area contributed by atoms with Crippen LogP contribution < -0.4 is 9.80 Å². The molecule has 0 aliphatic heterocycles. The molecule has 0 bridgehead atoms. The van der Waals surface area contributed by atoms with Gasteiger partial charge >= 0.3 is 0 Å². The second-order valence-electron chi connectivity index (χ2n) is 10.0. The predicted octanol–water partition coefficient (Wildman–Crippen LogP) is 10.6. The van der Waals surface area contributed by atoms with E-state index >= 15 is 0 Å². The van der Waals surface area contributed by atoms with Crippen molar-refractivity contribution in [2.24, 2.45) is 0 Å². The normalized spacial score (nSPS) is 10.8. The van der Waals surface area contributed by atoms with Crippen molar-refractivity contribution in [2.75, 3.05) is 16.8 Å². The Hall–Kier alpha value is -5.08. The van der Waals surface area contributed by atoms with Crippen LogP contribution in [0.15, 0.2) is 158 Å². The molecule has 6 aromatic carbocycles. The Balaban J connectivity index is 1.39. The molecule has 194 valence electrons. The van der Waals surface area contributed by atoms with Crippen LogP contribution in [0.5, 0.6) is 0 Å². The van der Waals surface area contributed by atoms with Crippen LogP contribution in [0.4, 0.5) is 28.4 Å². The molecule has 0 radical (unpaired) electrons. The van der Waals surface area contributed by atoms with Gasteiger partial charge in [0.15, 0.2) is 0 Å². The molecule has 0 aromatic heterocycles. The zero-order chi connectivity index (χ0) is 27.3. The van der Waals surface area contributed by atoms with Gasteiger partial charge in [-0.1, -0.05) is 103 Å². The fourth-order valence-corrected chi connectivity index (χ4v) is 5.26. The molecular weight excluding hydrogens is 484 g/mol. The molecule has 0 aliphatic carbocycles. The van der Waals surface area contributed by atoms with Gasteiger partial charge in [0.1, 0.15) is 0 Å². The van der Waals surface area contributed by atoms with E-state index in [-0.39, 0.29) is 0 Å². The molecule has 0 atom stereocenters. The minimum absolute atomic E-state index is 1.12. The number of aryl methyl sites for hydroxylation is 1. The first-order valence-electron chi connectivity index (χ1n) is 13.7. The number of benzene rings is 6. The highest BCUT2D eigenvalue weighted by molar-refractivity contribution is 5.81. The number of anilines is 5. The molecule has 0 saturated heterocycles. The van der Waals surface area contributed by atoms with Crippen LogP contribution >= 0.6 is 0 Å². The second kappa shape index (κ2) is 11.3. The van der Waals surface area contributed by atoms with Crippen LogP contribution in [0.25, 0.3) is 22.3 Å². The zero-order valence-corrected chi connectivity index (χ0v) is 22.9. The number of para-hydroxylation sites is 1. The summed E-state index contributed by atoms with van der Waals surface area (Å²) in [6.45, 7) is 2.19. The maximum Gasteiger partial charge on any atom is 0.0465 e. The third-order valence-electron chi connectivity index (χ3n) is 7.41. The van der Waals surface area contributed by atoms with Gasteiger partial charge in [0, 0.05) is 35.5 Å². The quantitative estimate of drug-likeness (QED) is 0.208. The van der Waals surface area contributed by atoms with E-state index in [1.54, 1.807) is 0 Å². The Labute approximate surface area is 237 Å². The van der Waals surface area contributed by atoms with Crippen LogP contribution in [0, 0.1) is 6.92 Å². The van der Waals surface area contributed by atoms with E-state index in [1.807, 2.05) is 0 Å². The van der Waals surface area contributed by atoms with E-state index in [0.717, 1.165) is 17.1 Å². The lowest BCUT2D eigenvalue weighted by Gasteiger charge is -2.28. The van der Waals surface area contributed by atoms with Crippen molar-refractivity contribution in [2.45, 2.75) is 6.92 Å². The Morgan fingerprint density at radius 2 is 0.775 bits per heavy atom. The Morgan fingerprint density at radius 3 is 1.23 bits per heavy atom. The first kappa shape index (κ1) is 25.2. The molecule has 0 unspecified atom stereocenters. The predicted molar refractivity (Wildman–Crippen MR) is 171 cm³/mol. The molecule has 0 N–H and O–H groups in total. The van der Waals surface area contributed by atoms with Crippen LogP contribution in [-0.4, -0.2) is 7.05 Å². The van der Waals surface area contributed by atoms with E-state index in [0.29, 0.717) is 0 Å². The van der Waals surface area contributed by atoms with Crippen LogP contribution in [-0.2, 0) is 0 Å². The van der Waals surface area contributed by atoms with Crippen LogP contribution in [0.3, 0.4) is 0 Å². The van der Waals surface area contributed by atoms with Crippen molar-refractivity contribution in [3.8, 4) is 22.3 Å². The molecular formula is C38H32N2. The van der Waals surface area contributed by atoms with Gasteiger partial charge in [-0.2, -0.15) is 0 Å². The summed E-state index contributed by atoms with van der Waals surface area (Å²) in [5.74, 6) is 0. The topological polar surface area (TPSA) is 6.48 Å². The monoisotopic (exact) mass is 516 g/mol. The third kappa shape index (κ3) is 5.25. The van der Waals surface area contributed by atoms with E-state index in [4.69, 9.17) is 0 Å². The smallest absolute Gasteiger partial charge is 0.0465 e. The lowest BCUT2D eigenvalue weighted by atomic mass is 10.0. The minimum atomic E-state index is 1.12. The Bertz CT molecular complexity index is 1590. The SMILES string of the molecule is Cc1cc(N(c2ccc(-c3ccccc3)cc2)c2ccc(-c3ccccc3)cc2)ccc1N(C)c1ccccc1. The highest BCUT2D eigenvalue weighted by Crippen LogP contribution is 2.39. The van der Waals surface area contributed by atoms with Gasteiger partial charge in [-0.3, -0.25) is 0 Å². The second-order valence-corrected chi connectivity index (χ2v) is 10.0. The van der Waals surface area contributed by atoms with E-state index in [2.05, 4.69) is 181 Å². The summed E-state index contributed by atoms with van der Waals surface area (Å²) in [7, 11) is 2.12. The lowest BCUT2D eigenvalue weighted by Crippen LogP contribution is -2.13. The first-order valence-corrected chi connectivity index (χ1v) is 13.7.